The summed E-state index contributed by atoms with van der Waals surface area (Å²) in [5.41, 5.74) is 7.16. The van der Waals surface area contributed by atoms with Crippen LogP contribution in [0.1, 0.15) is 49.8 Å². The molecule has 1 unspecified atom stereocenters. The van der Waals surface area contributed by atoms with Crippen molar-refractivity contribution in [2.24, 2.45) is 16.3 Å². The lowest BCUT2D eigenvalue weighted by Crippen LogP contribution is -2.48. The predicted molar refractivity (Wildman–Crippen MR) is 82.0 cm³/mol. The van der Waals surface area contributed by atoms with Crippen LogP contribution in [0, 0.1) is 12.3 Å². The maximum absolute atomic E-state index is 12.6. The molecule has 5 heteroatoms. The molecule has 1 aliphatic rings. The van der Waals surface area contributed by atoms with E-state index in [1.165, 1.54) is 5.56 Å². The standard InChI is InChI=1S/C16H23N3O2/c1-11-5-7-13(8-6-11)12(2)18-15(20)16(14(17)19-21)9-3-4-10-16/h5-8,12,21H,3-4,9-10H2,1-2H3,(H2,17,19)(H,18,20). The summed E-state index contributed by atoms with van der Waals surface area (Å²) >= 11 is 0. The normalized spacial score (nSPS) is 19.2. The van der Waals surface area contributed by atoms with Gasteiger partial charge in [-0.05, 0) is 32.3 Å². The van der Waals surface area contributed by atoms with E-state index in [-0.39, 0.29) is 17.8 Å². The number of hydrogen-bond donors (Lipinski definition) is 3. The third-order valence-electron chi connectivity index (χ3n) is 4.41. The molecule has 0 aliphatic heterocycles. The van der Waals surface area contributed by atoms with Crippen LogP contribution in [-0.4, -0.2) is 17.0 Å². The molecule has 0 spiro atoms. The number of carbonyl (C=O) groups is 1. The summed E-state index contributed by atoms with van der Waals surface area (Å²) in [6.45, 7) is 3.97. The van der Waals surface area contributed by atoms with Crippen molar-refractivity contribution < 1.29 is 10.0 Å². The number of nitrogens with two attached hydrogens (primary N) is 1. The summed E-state index contributed by atoms with van der Waals surface area (Å²) in [6, 6.07) is 7.94. The van der Waals surface area contributed by atoms with Crippen LogP contribution in [0.4, 0.5) is 0 Å². The highest BCUT2D eigenvalue weighted by atomic mass is 16.4. The molecular weight excluding hydrogens is 266 g/mol. The largest absolute Gasteiger partial charge is 0.409 e. The fraction of sp³-hybridized carbons (Fsp3) is 0.500. The Morgan fingerprint density at radius 2 is 1.90 bits per heavy atom. The summed E-state index contributed by atoms with van der Waals surface area (Å²) in [4.78, 5) is 12.6. The van der Waals surface area contributed by atoms with Gasteiger partial charge in [0.25, 0.3) is 0 Å². The van der Waals surface area contributed by atoms with Crippen molar-refractivity contribution in [3.63, 3.8) is 0 Å². The molecule has 1 amide bonds. The van der Waals surface area contributed by atoms with Gasteiger partial charge in [0.05, 0.1) is 6.04 Å². The first-order chi connectivity index (χ1) is 9.99. The molecule has 1 atom stereocenters. The molecule has 1 saturated carbocycles. The molecule has 0 heterocycles. The van der Waals surface area contributed by atoms with Crippen LogP contribution < -0.4 is 11.1 Å². The molecule has 114 valence electrons. The van der Waals surface area contributed by atoms with E-state index in [0.29, 0.717) is 12.8 Å². The molecule has 4 N–H and O–H groups in total. The lowest BCUT2D eigenvalue weighted by Gasteiger charge is -2.28. The minimum absolute atomic E-state index is 0.0219. The van der Waals surface area contributed by atoms with Crippen LogP contribution in [0.3, 0.4) is 0 Å². The fourth-order valence-corrected chi connectivity index (χ4v) is 2.95. The number of benzene rings is 1. The number of aryl methyl sites for hydroxylation is 1. The Kier molecular flexibility index (Phi) is 4.50. The molecular formula is C16H23N3O2. The van der Waals surface area contributed by atoms with Crippen LogP contribution in [0.2, 0.25) is 0 Å². The molecule has 1 fully saturated rings. The zero-order chi connectivity index (χ0) is 15.5. The van der Waals surface area contributed by atoms with Gasteiger partial charge in [0.2, 0.25) is 5.91 Å². The van der Waals surface area contributed by atoms with Gasteiger partial charge in [-0.2, -0.15) is 0 Å². The van der Waals surface area contributed by atoms with Crippen LogP contribution in [0.15, 0.2) is 29.4 Å². The van der Waals surface area contributed by atoms with Crippen LogP contribution in [0.25, 0.3) is 0 Å². The Hall–Kier alpha value is -2.04. The second-order valence-corrected chi connectivity index (χ2v) is 5.88. The number of hydrogen-bond acceptors (Lipinski definition) is 3. The fourth-order valence-electron chi connectivity index (χ4n) is 2.95. The molecule has 0 saturated heterocycles. The number of amidine groups is 1. The van der Waals surface area contributed by atoms with Gasteiger partial charge in [0, 0.05) is 0 Å². The number of nitrogens with zero attached hydrogens (tertiary/aromatic N) is 1. The van der Waals surface area contributed by atoms with E-state index in [2.05, 4.69) is 10.5 Å². The van der Waals surface area contributed by atoms with Gasteiger partial charge in [-0.3, -0.25) is 4.79 Å². The van der Waals surface area contributed by atoms with E-state index < -0.39 is 5.41 Å². The average molecular weight is 289 g/mol. The third-order valence-corrected chi connectivity index (χ3v) is 4.41. The third kappa shape index (κ3) is 3.01. The van der Waals surface area contributed by atoms with Gasteiger partial charge in [-0.1, -0.05) is 47.8 Å². The van der Waals surface area contributed by atoms with E-state index in [9.17, 15) is 4.79 Å². The van der Waals surface area contributed by atoms with Crippen molar-refractivity contribution in [2.75, 3.05) is 0 Å². The molecule has 21 heavy (non-hydrogen) atoms. The number of rotatable bonds is 4. The van der Waals surface area contributed by atoms with E-state index in [1.54, 1.807) is 0 Å². The van der Waals surface area contributed by atoms with Crippen LogP contribution in [-0.2, 0) is 4.79 Å². The van der Waals surface area contributed by atoms with Crippen molar-refractivity contribution in [2.45, 2.75) is 45.6 Å². The molecule has 1 aliphatic carbocycles. The summed E-state index contributed by atoms with van der Waals surface area (Å²) in [5.74, 6) is -0.128. The summed E-state index contributed by atoms with van der Waals surface area (Å²) < 4.78 is 0. The van der Waals surface area contributed by atoms with E-state index in [4.69, 9.17) is 10.9 Å². The van der Waals surface area contributed by atoms with E-state index in [1.807, 2.05) is 38.1 Å². The monoisotopic (exact) mass is 289 g/mol. The molecule has 1 aromatic rings. The van der Waals surface area contributed by atoms with E-state index in [0.717, 1.165) is 18.4 Å². The quantitative estimate of drug-likeness (QED) is 0.344. The zero-order valence-corrected chi connectivity index (χ0v) is 12.6. The van der Waals surface area contributed by atoms with Crippen molar-refractivity contribution in [1.82, 2.24) is 5.32 Å². The van der Waals surface area contributed by atoms with E-state index >= 15 is 0 Å². The topological polar surface area (TPSA) is 87.7 Å². The Morgan fingerprint density at radius 3 is 2.43 bits per heavy atom. The molecule has 0 radical (unpaired) electrons. The van der Waals surface area contributed by atoms with Gasteiger partial charge in [-0.25, -0.2) is 0 Å². The Balaban J connectivity index is 2.14. The molecule has 0 bridgehead atoms. The van der Waals surface area contributed by atoms with Gasteiger partial charge >= 0.3 is 0 Å². The Bertz CT molecular complexity index is 531. The minimum Gasteiger partial charge on any atom is -0.409 e. The highest BCUT2D eigenvalue weighted by molar-refractivity contribution is 6.07. The smallest absolute Gasteiger partial charge is 0.234 e. The van der Waals surface area contributed by atoms with Crippen molar-refractivity contribution in [3.8, 4) is 0 Å². The summed E-state index contributed by atoms with van der Waals surface area (Å²) in [7, 11) is 0. The van der Waals surface area contributed by atoms with Gasteiger partial charge in [-0.15, -0.1) is 0 Å². The predicted octanol–water partition coefficient (Wildman–Crippen LogP) is 2.48. The zero-order valence-electron chi connectivity index (χ0n) is 12.6. The highest BCUT2D eigenvalue weighted by Gasteiger charge is 2.45. The van der Waals surface area contributed by atoms with Crippen molar-refractivity contribution >= 4 is 11.7 Å². The highest BCUT2D eigenvalue weighted by Crippen LogP contribution is 2.39. The van der Waals surface area contributed by atoms with Gasteiger partial charge in [0.15, 0.2) is 5.84 Å². The SMILES string of the molecule is Cc1ccc(C(C)NC(=O)C2(C(N)=NO)CCCC2)cc1. The summed E-state index contributed by atoms with van der Waals surface area (Å²) in [5, 5.41) is 15.1. The van der Waals surface area contributed by atoms with Crippen molar-refractivity contribution in [3.05, 3.63) is 35.4 Å². The first-order valence-electron chi connectivity index (χ1n) is 7.35. The number of amides is 1. The minimum atomic E-state index is -0.853. The maximum atomic E-state index is 12.6. The first kappa shape index (κ1) is 15.4. The van der Waals surface area contributed by atoms with Crippen LogP contribution in [0.5, 0.6) is 0 Å². The van der Waals surface area contributed by atoms with Gasteiger partial charge < -0.3 is 16.3 Å². The first-order valence-corrected chi connectivity index (χ1v) is 7.35. The second kappa shape index (κ2) is 6.16. The number of carbonyl (C=O) groups excluding carboxylic acids is 1. The average Bonchev–Trinajstić information content (AvgIpc) is 2.97. The molecule has 1 aromatic carbocycles. The van der Waals surface area contributed by atoms with Gasteiger partial charge in [0.1, 0.15) is 5.41 Å². The molecule has 2 rings (SSSR count). The lowest BCUT2D eigenvalue weighted by atomic mass is 9.83. The molecule has 5 nitrogen and oxygen atoms in total. The maximum Gasteiger partial charge on any atom is 0.234 e. The number of nitrogens with one attached hydrogen (secondary N) is 1. The van der Waals surface area contributed by atoms with Crippen molar-refractivity contribution in [1.29, 1.82) is 0 Å². The number of oxime groups is 1. The summed E-state index contributed by atoms with van der Waals surface area (Å²) in [6.07, 6.45) is 3.11. The van der Waals surface area contributed by atoms with Crippen LogP contribution >= 0.6 is 0 Å². The second-order valence-electron chi connectivity index (χ2n) is 5.88. The Labute approximate surface area is 125 Å². The Morgan fingerprint density at radius 1 is 1.33 bits per heavy atom. The molecule has 0 aromatic heterocycles. The lowest BCUT2D eigenvalue weighted by molar-refractivity contribution is -0.128.